The van der Waals surface area contributed by atoms with Crippen molar-refractivity contribution >= 4 is 71.1 Å². The second-order valence-corrected chi connectivity index (χ2v) is 9.39. The highest BCUT2D eigenvalue weighted by atomic mass is 79.9. The van der Waals surface area contributed by atoms with Crippen LogP contribution in [0.15, 0.2) is 74.5 Å². The van der Waals surface area contributed by atoms with Gasteiger partial charge in [0.2, 0.25) is 0 Å². The van der Waals surface area contributed by atoms with Gasteiger partial charge in [0.1, 0.15) is 0 Å². The minimum atomic E-state index is -0.460. The number of nitrogens with zero attached hydrogens (tertiary/aromatic N) is 1. The number of aliphatic hydroxyl groups is 1. The van der Waals surface area contributed by atoms with Crippen LogP contribution >= 0.6 is 43.6 Å². The summed E-state index contributed by atoms with van der Waals surface area (Å²) >= 11 is 8.78. The predicted molar refractivity (Wildman–Crippen MR) is 122 cm³/mol. The van der Waals surface area contributed by atoms with Crippen molar-refractivity contribution in [3.8, 4) is 0 Å². The van der Waals surface area contributed by atoms with Crippen LogP contribution in [-0.2, 0) is 6.54 Å². The van der Waals surface area contributed by atoms with E-state index >= 15 is 0 Å². The van der Waals surface area contributed by atoms with E-state index in [0.29, 0.717) is 12.3 Å². The number of rotatable bonds is 5. The summed E-state index contributed by atoms with van der Waals surface area (Å²) in [5.74, 6) is 0.623. The summed E-state index contributed by atoms with van der Waals surface area (Å²) in [5.41, 5.74) is 8.74. The Labute approximate surface area is 178 Å². The second-order valence-electron chi connectivity index (χ2n) is 6.47. The molecule has 0 aliphatic rings. The van der Waals surface area contributed by atoms with E-state index in [-0.39, 0.29) is 0 Å². The number of thioether (sulfide) groups is 1. The molecule has 27 heavy (non-hydrogen) atoms. The van der Waals surface area contributed by atoms with Crippen LogP contribution in [0.1, 0.15) is 0 Å². The molecule has 138 valence electrons. The molecule has 6 heteroatoms. The van der Waals surface area contributed by atoms with Gasteiger partial charge in [-0.1, -0.05) is 31.9 Å². The van der Waals surface area contributed by atoms with E-state index in [4.69, 9.17) is 5.73 Å². The Bertz CT molecular complexity index is 1050. The van der Waals surface area contributed by atoms with E-state index in [1.165, 1.54) is 10.8 Å². The molecule has 0 amide bonds. The SMILES string of the molecule is Nc1ccc(SCC(O)Cn2c3ccc(Br)cc3c3cc(Br)ccc32)cc1. The minimum Gasteiger partial charge on any atom is -0.399 e. The van der Waals surface area contributed by atoms with Crippen molar-refractivity contribution in [2.45, 2.75) is 17.5 Å². The Morgan fingerprint density at radius 3 is 2.00 bits per heavy atom. The summed E-state index contributed by atoms with van der Waals surface area (Å²) in [5, 5.41) is 13.0. The van der Waals surface area contributed by atoms with Crippen LogP contribution in [0.25, 0.3) is 21.8 Å². The number of aromatic nitrogens is 1. The molecular weight excluding hydrogens is 488 g/mol. The smallest absolute Gasteiger partial charge is 0.0813 e. The Morgan fingerprint density at radius 1 is 0.889 bits per heavy atom. The number of aliphatic hydroxyl groups excluding tert-OH is 1. The largest absolute Gasteiger partial charge is 0.399 e. The Hall–Kier alpha value is -1.47. The zero-order valence-corrected chi connectivity index (χ0v) is 18.4. The first kappa shape index (κ1) is 18.9. The van der Waals surface area contributed by atoms with Crippen molar-refractivity contribution in [1.29, 1.82) is 0 Å². The fourth-order valence-corrected chi connectivity index (χ4v) is 4.81. The van der Waals surface area contributed by atoms with Crippen molar-refractivity contribution in [3.05, 3.63) is 69.6 Å². The summed E-state index contributed by atoms with van der Waals surface area (Å²) in [6, 6.07) is 20.3. The lowest BCUT2D eigenvalue weighted by Crippen LogP contribution is -2.18. The maximum atomic E-state index is 10.7. The molecule has 4 rings (SSSR count). The first-order valence-corrected chi connectivity index (χ1v) is 11.1. The normalized spacial score (nSPS) is 12.7. The zero-order valence-electron chi connectivity index (χ0n) is 14.4. The maximum Gasteiger partial charge on any atom is 0.0813 e. The van der Waals surface area contributed by atoms with E-state index in [9.17, 15) is 5.11 Å². The van der Waals surface area contributed by atoms with E-state index in [1.807, 2.05) is 36.4 Å². The zero-order chi connectivity index (χ0) is 19.0. The first-order valence-electron chi connectivity index (χ1n) is 8.55. The number of fused-ring (bicyclic) bond motifs is 3. The van der Waals surface area contributed by atoms with E-state index in [1.54, 1.807) is 11.8 Å². The lowest BCUT2D eigenvalue weighted by Gasteiger charge is -2.14. The summed E-state index contributed by atoms with van der Waals surface area (Å²) in [7, 11) is 0. The van der Waals surface area contributed by atoms with Gasteiger partial charge in [-0.25, -0.2) is 0 Å². The number of halogens is 2. The molecule has 0 saturated carbocycles. The summed E-state index contributed by atoms with van der Waals surface area (Å²) in [4.78, 5) is 1.11. The van der Waals surface area contributed by atoms with Gasteiger partial charge >= 0.3 is 0 Å². The fourth-order valence-electron chi connectivity index (χ4n) is 3.27. The van der Waals surface area contributed by atoms with Gasteiger partial charge in [0, 0.05) is 53.6 Å². The van der Waals surface area contributed by atoms with Crippen molar-refractivity contribution in [1.82, 2.24) is 4.57 Å². The lowest BCUT2D eigenvalue weighted by molar-refractivity contribution is 0.181. The standard InChI is InChI=1S/C21H18Br2N2OS/c22-13-1-7-20-18(9-13)19-10-14(23)2-8-21(19)25(20)11-16(26)12-27-17-5-3-15(24)4-6-17/h1-10,16,26H,11-12,24H2. The molecule has 1 aromatic heterocycles. The number of anilines is 1. The van der Waals surface area contributed by atoms with Gasteiger partial charge in [-0.2, -0.15) is 0 Å². The highest BCUT2D eigenvalue weighted by Crippen LogP contribution is 2.33. The molecular formula is C21H18Br2N2OS. The average Bonchev–Trinajstić information content (AvgIpc) is 2.94. The van der Waals surface area contributed by atoms with Crippen molar-refractivity contribution in [2.75, 3.05) is 11.5 Å². The van der Waals surface area contributed by atoms with E-state index in [2.05, 4.69) is 60.7 Å². The van der Waals surface area contributed by atoms with Crippen LogP contribution in [0.3, 0.4) is 0 Å². The summed E-state index contributed by atoms with van der Waals surface area (Å²) in [6.45, 7) is 0.547. The topological polar surface area (TPSA) is 51.2 Å². The fraction of sp³-hybridized carbons (Fsp3) is 0.143. The summed E-state index contributed by atoms with van der Waals surface area (Å²) in [6.07, 6.45) is -0.460. The van der Waals surface area contributed by atoms with Crippen LogP contribution in [0.4, 0.5) is 5.69 Å². The molecule has 0 fully saturated rings. The average molecular weight is 506 g/mol. The number of benzene rings is 3. The van der Waals surface area contributed by atoms with Crippen LogP contribution in [0.5, 0.6) is 0 Å². The van der Waals surface area contributed by atoms with E-state index in [0.717, 1.165) is 30.6 Å². The molecule has 3 N–H and O–H groups in total. The maximum absolute atomic E-state index is 10.7. The molecule has 4 aromatic rings. The molecule has 0 aliphatic carbocycles. The van der Waals surface area contributed by atoms with Gasteiger partial charge in [0.25, 0.3) is 0 Å². The number of nitrogen functional groups attached to an aromatic ring is 1. The molecule has 1 heterocycles. The molecule has 0 radical (unpaired) electrons. The van der Waals surface area contributed by atoms with Crippen LogP contribution < -0.4 is 5.73 Å². The van der Waals surface area contributed by atoms with Crippen LogP contribution in [-0.4, -0.2) is 21.5 Å². The molecule has 0 aliphatic heterocycles. The third kappa shape index (κ3) is 4.04. The number of hydrogen-bond donors (Lipinski definition) is 2. The van der Waals surface area contributed by atoms with Crippen molar-refractivity contribution in [2.24, 2.45) is 0 Å². The predicted octanol–water partition coefficient (Wildman–Crippen LogP) is 6.05. The van der Waals surface area contributed by atoms with Crippen molar-refractivity contribution < 1.29 is 5.11 Å². The van der Waals surface area contributed by atoms with Gasteiger partial charge in [0.05, 0.1) is 6.10 Å². The molecule has 0 bridgehead atoms. The number of hydrogen-bond acceptors (Lipinski definition) is 3. The lowest BCUT2D eigenvalue weighted by atomic mass is 10.2. The third-order valence-electron chi connectivity index (χ3n) is 4.50. The van der Waals surface area contributed by atoms with Gasteiger partial charge in [-0.05, 0) is 60.7 Å². The third-order valence-corrected chi connectivity index (χ3v) is 6.65. The quantitative estimate of drug-likeness (QED) is 0.256. The highest BCUT2D eigenvalue weighted by Gasteiger charge is 2.15. The first-order chi connectivity index (χ1) is 13.0. The number of nitrogens with two attached hydrogens (primary N) is 1. The molecule has 0 saturated heterocycles. The van der Waals surface area contributed by atoms with Gasteiger partial charge in [-0.15, -0.1) is 11.8 Å². The minimum absolute atomic E-state index is 0.460. The van der Waals surface area contributed by atoms with E-state index < -0.39 is 6.10 Å². The van der Waals surface area contributed by atoms with Gasteiger partial charge in [-0.3, -0.25) is 0 Å². The summed E-state index contributed by atoms with van der Waals surface area (Å²) < 4.78 is 4.31. The molecule has 1 atom stereocenters. The molecule has 3 nitrogen and oxygen atoms in total. The monoisotopic (exact) mass is 504 g/mol. The Kier molecular flexibility index (Phi) is 5.50. The molecule has 0 spiro atoms. The molecule has 3 aromatic carbocycles. The second kappa shape index (κ2) is 7.87. The van der Waals surface area contributed by atoms with Gasteiger partial charge < -0.3 is 15.4 Å². The molecule has 1 unspecified atom stereocenters. The Morgan fingerprint density at radius 2 is 1.44 bits per heavy atom. The Balaban J connectivity index is 1.63. The van der Waals surface area contributed by atoms with Crippen LogP contribution in [0.2, 0.25) is 0 Å². The highest BCUT2D eigenvalue weighted by molar-refractivity contribution is 9.10. The van der Waals surface area contributed by atoms with Crippen molar-refractivity contribution in [3.63, 3.8) is 0 Å². The van der Waals surface area contributed by atoms with Crippen LogP contribution in [0, 0.1) is 0 Å². The van der Waals surface area contributed by atoms with Gasteiger partial charge in [0.15, 0.2) is 0 Å².